The summed E-state index contributed by atoms with van der Waals surface area (Å²) in [5, 5.41) is 13.4. The molecule has 2 N–H and O–H groups in total. The second-order valence-corrected chi connectivity index (χ2v) is 16.8. The Kier molecular flexibility index (Phi) is 12.1. The molecule has 4 amide bonds. The van der Waals surface area contributed by atoms with Gasteiger partial charge in [0, 0.05) is 64.6 Å². The van der Waals surface area contributed by atoms with Crippen LogP contribution in [0, 0.1) is 5.92 Å². The van der Waals surface area contributed by atoms with Gasteiger partial charge in [-0.2, -0.15) is 10.2 Å². The number of hydrogen-bond donors (Lipinski definition) is 2. The number of likely N-dealkylation sites (tertiary alicyclic amines) is 1. The predicted molar refractivity (Wildman–Crippen MR) is 225 cm³/mol. The van der Waals surface area contributed by atoms with Gasteiger partial charge in [0.1, 0.15) is 17.4 Å². The van der Waals surface area contributed by atoms with Gasteiger partial charge in [-0.25, -0.2) is 23.1 Å². The van der Waals surface area contributed by atoms with Gasteiger partial charge in [0.15, 0.2) is 11.3 Å². The molecule has 4 aromatic heterocycles. The van der Waals surface area contributed by atoms with Crippen LogP contribution in [0.25, 0.3) is 16.7 Å². The maximum atomic E-state index is 14.3. The van der Waals surface area contributed by atoms with Gasteiger partial charge >= 0.3 is 5.69 Å². The largest absolute Gasteiger partial charge is 0.378 e. The number of aryl methyl sites for hydroxylation is 2. The number of imide groups is 1. The van der Waals surface area contributed by atoms with E-state index in [1.165, 1.54) is 26.2 Å². The molecule has 63 heavy (non-hydrogen) atoms. The van der Waals surface area contributed by atoms with E-state index in [1.807, 2.05) is 34.1 Å². The number of hydrogen-bond acceptors (Lipinski definition) is 11. The molecule has 4 aliphatic rings. The molecule has 5 aromatic rings. The van der Waals surface area contributed by atoms with Crippen molar-refractivity contribution < 1.29 is 37.4 Å². The minimum absolute atomic E-state index is 0.0220. The molecule has 1 aromatic carbocycles. The van der Waals surface area contributed by atoms with Crippen molar-refractivity contribution in [1.29, 1.82) is 0 Å². The van der Waals surface area contributed by atoms with E-state index in [4.69, 9.17) is 9.47 Å². The Morgan fingerprint density at radius 1 is 1.00 bits per heavy atom. The number of aromatic nitrogens is 7. The first-order valence-electron chi connectivity index (χ1n) is 21.8. The molecule has 18 nitrogen and oxygen atoms in total. The van der Waals surface area contributed by atoms with Crippen LogP contribution in [-0.4, -0.2) is 114 Å². The Hall–Kier alpha value is -6.02. The van der Waals surface area contributed by atoms with Crippen molar-refractivity contribution in [2.45, 2.75) is 88.8 Å². The molecule has 1 unspecified atom stereocenters. The fourth-order valence-corrected chi connectivity index (χ4v) is 9.58. The lowest BCUT2D eigenvalue weighted by atomic mass is 9.85. The highest BCUT2D eigenvalue weighted by atomic mass is 19.3. The first kappa shape index (κ1) is 42.3. The molecule has 1 atom stereocenters. The molecule has 0 bridgehead atoms. The number of piperidine rings is 2. The van der Waals surface area contributed by atoms with E-state index in [0.29, 0.717) is 95.1 Å². The fraction of sp³-hybridized carbons (Fsp3) is 0.535. The highest BCUT2D eigenvalue weighted by Gasteiger charge is 2.35. The summed E-state index contributed by atoms with van der Waals surface area (Å²) in [5.41, 5.74) is 1.96. The monoisotopic (exact) mass is 871 g/mol. The molecular weight excluding hydrogens is 821 g/mol. The minimum Gasteiger partial charge on any atom is -0.378 e. The van der Waals surface area contributed by atoms with Crippen LogP contribution in [0.2, 0.25) is 0 Å². The molecule has 1 saturated carbocycles. The molecule has 0 spiro atoms. The number of imidazole rings is 1. The van der Waals surface area contributed by atoms with Crippen molar-refractivity contribution in [3.63, 3.8) is 0 Å². The van der Waals surface area contributed by atoms with E-state index in [2.05, 4.69) is 25.8 Å². The number of rotatable bonds is 12. The maximum Gasteiger partial charge on any atom is 0.329 e. The number of alkyl halides is 2. The maximum absolute atomic E-state index is 14.3. The van der Waals surface area contributed by atoms with Gasteiger partial charge in [0.2, 0.25) is 17.7 Å². The van der Waals surface area contributed by atoms with E-state index in [0.717, 1.165) is 30.3 Å². The SMILES string of the molecule is Cn1c(=O)n(C2CCC(=O)NC2=O)c2cccc(CCCOC3CCN(C(=O)[C@H]4CC[C@H](n5cc(NC(=O)c6cnn7ccc(N8CCOCC8)nc67)c(C(F)F)n5)CC4)CC3)c21. The number of halogens is 2. The quantitative estimate of drug-likeness (QED) is 0.136. The summed E-state index contributed by atoms with van der Waals surface area (Å²) in [4.78, 5) is 73.3. The second kappa shape index (κ2) is 18.0. The third-order valence-electron chi connectivity index (χ3n) is 13.0. The number of fused-ring (bicyclic) bond motifs is 2. The van der Waals surface area contributed by atoms with Crippen LogP contribution in [0.1, 0.15) is 97.9 Å². The van der Waals surface area contributed by atoms with Crippen molar-refractivity contribution >= 4 is 51.8 Å². The number of benzene rings is 1. The second-order valence-electron chi connectivity index (χ2n) is 16.8. The van der Waals surface area contributed by atoms with E-state index in [-0.39, 0.29) is 59.7 Å². The summed E-state index contributed by atoms with van der Waals surface area (Å²) in [6.07, 6.45) is 7.28. The van der Waals surface area contributed by atoms with Gasteiger partial charge in [0.25, 0.3) is 12.3 Å². The van der Waals surface area contributed by atoms with Gasteiger partial charge in [-0.05, 0) is 75.5 Å². The zero-order valence-electron chi connectivity index (χ0n) is 35.1. The van der Waals surface area contributed by atoms with Crippen molar-refractivity contribution in [1.82, 2.24) is 43.7 Å². The highest BCUT2D eigenvalue weighted by Crippen LogP contribution is 2.36. The lowest BCUT2D eigenvalue weighted by Crippen LogP contribution is -2.44. The average Bonchev–Trinajstić information content (AvgIpc) is 4.00. The highest BCUT2D eigenvalue weighted by molar-refractivity contribution is 6.08. The number of nitrogens with one attached hydrogen (secondary N) is 2. The lowest BCUT2D eigenvalue weighted by molar-refractivity contribution is -0.139. The Morgan fingerprint density at radius 2 is 1.78 bits per heavy atom. The van der Waals surface area contributed by atoms with Crippen LogP contribution >= 0.6 is 0 Å². The number of morpholine rings is 1. The van der Waals surface area contributed by atoms with Crippen LogP contribution in [0.15, 0.2) is 47.7 Å². The molecule has 9 rings (SSSR count). The molecule has 3 aliphatic heterocycles. The van der Waals surface area contributed by atoms with Crippen LogP contribution in [-0.2, 0) is 37.3 Å². The topological polar surface area (TPSA) is 192 Å². The summed E-state index contributed by atoms with van der Waals surface area (Å²) in [5.74, 6) is -0.807. The average molecular weight is 872 g/mol. The molecule has 20 heteroatoms. The van der Waals surface area contributed by atoms with Gasteiger partial charge in [-0.15, -0.1) is 0 Å². The van der Waals surface area contributed by atoms with Crippen molar-refractivity contribution in [2.24, 2.45) is 13.0 Å². The molecule has 7 heterocycles. The van der Waals surface area contributed by atoms with Crippen LogP contribution in [0.5, 0.6) is 0 Å². The molecule has 3 saturated heterocycles. The molecule has 4 fully saturated rings. The number of amides is 4. The van der Waals surface area contributed by atoms with Crippen molar-refractivity contribution in [3.8, 4) is 0 Å². The standard InChI is InChI=1S/C43H51F2N11O7/c1-51-37-26(4-2-6-32(37)56(43(51)61)33-11-12-35(57)49-41(33)59)5-3-21-63-29-13-16-53(17-14-29)42(60)27-7-9-28(10-8-27)55-25-31(36(50-55)38(44)45)47-40(58)30-24-46-54-18-15-34(48-39(30)54)52-19-22-62-23-20-52/h2,4,6,15,18,24-25,27-29,33,38H,3,5,7-14,16-17,19-23H2,1H3,(H,47,58)(H,49,57,59)/t27-,28-,33?. The number of nitrogens with zero attached hydrogens (tertiary/aromatic N) is 9. The number of carbonyl (C=O) groups excluding carboxylic acids is 4. The normalized spacial score (nSPS) is 21.4. The zero-order valence-corrected chi connectivity index (χ0v) is 35.1. The zero-order chi connectivity index (χ0) is 43.8. The third kappa shape index (κ3) is 8.57. The summed E-state index contributed by atoms with van der Waals surface area (Å²) in [6.45, 7) is 4.15. The Morgan fingerprint density at radius 3 is 2.52 bits per heavy atom. The molecular formula is C43H51F2N11O7. The smallest absolute Gasteiger partial charge is 0.329 e. The lowest BCUT2D eigenvalue weighted by Gasteiger charge is -2.36. The Balaban J connectivity index is 0.744. The van der Waals surface area contributed by atoms with Crippen LogP contribution in [0.3, 0.4) is 0 Å². The van der Waals surface area contributed by atoms with Crippen LogP contribution < -0.4 is 21.2 Å². The van der Waals surface area contributed by atoms with Gasteiger partial charge in [-0.1, -0.05) is 12.1 Å². The Bertz CT molecular complexity index is 2580. The number of ether oxygens (including phenoxy) is 2. The number of carbonyl (C=O) groups is 4. The molecule has 1 aliphatic carbocycles. The minimum atomic E-state index is -2.92. The first-order chi connectivity index (χ1) is 30.5. The fourth-order valence-electron chi connectivity index (χ4n) is 9.58. The number of para-hydroxylation sites is 1. The van der Waals surface area contributed by atoms with Gasteiger partial charge in [0.05, 0.1) is 48.3 Å². The first-order valence-corrected chi connectivity index (χ1v) is 21.8. The summed E-state index contributed by atoms with van der Waals surface area (Å²) in [6, 6.07) is 6.55. The number of anilines is 2. The summed E-state index contributed by atoms with van der Waals surface area (Å²) in [7, 11) is 1.70. The predicted octanol–water partition coefficient (Wildman–Crippen LogP) is 3.96. The van der Waals surface area contributed by atoms with Crippen molar-refractivity contribution in [2.75, 3.05) is 56.2 Å². The molecule has 0 radical (unpaired) electrons. The Labute approximate surface area is 360 Å². The van der Waals surface area contributed by atoms with E-state index in [1.54, 1.807) is 17.8 Å². The van der Waals surface area contributed by atoms with Gasteiger partial charge < -0.3 is 24.6 Å². The van der Waals surface area contributed by atoms with E-state index in [9.17, 15) is 32.8 Å². The third-order valence-corrected chi connectivity index (χ3v) is 13.0. The van der Waals surface area contributed by atoms with Crippen molar-refractivity contribution in [3.05, 3.63) is 70.2 Å². The van der Waals surface area contributed by atoms with E-state index < -0.39 is 30.0 Å². The summed E-state index contributed by atoms with van der Waals surface area (Å²) >= 11 is 0. The molecule has 334 valence electrons. The van der Waals surface area contributed by atoms with E-state index >= 15 is 0 Å². The summed E-state index contributed by atoms with van der Waals surface area (Å²) < 4.78 is 46.2. The van der Waals surface area contributed by atoms with Gasteiger partial charge in [-0.3, -0.25) is 38.3 Å². The van der Waals surface area contributed by atoms with Crippen LogP contribution in [0.4, 0.5) is 20.3 Å².